The van der Waals surface area contributed by atoms with Crippen LogP contribution in [0.15, 0.2) is 23.4 Å². The number of nitrogens with two attached hydrogens (primary N) is 1. The number of nitrogen functional groups attached to an aromatic ring is 1. The number of amides is 1. The molecule has 1 amide bonds. The van der Waals surface area contributed by atoms with E-state index in [4.69, 9.17) is 10.5 Å². The van der Waals surface area contributed by atoms with Gasteiger partial charge in [-0.15, -0.1) is 0 Å². The Kier molecular flexibility index (Phi) is 4.83. The smallest absolute Gasteiger partial charge is 0.230 e. The largest absolute Gasteiger partial charge is 0.397 e. The summed E-state index contributed by atoms with van der Waals surface area (Å²) in [6, 6.07) is 3.86. The second-order valence-electron chi connectivity index (χ2n) is 4.17. The molecule has 1 aromatic heterocycles. The summed E-state index contributed by atoms with van der Waals surface area (Å²) in [5, 5.41) is 3.82. The second-order valence-corrected chi connectivity index (χ2v) is 5.17. The van der Waals surface area contributed by atoms with Crippen LogP contribution in [0, 0.1) is 0 Å². The highest BCUT2D eigenvalue weighted by molar-refractivity contribution is 7.99. The highest BCUT2D eigenvalue weighted by Gasteiger charge is 2.15. The number of nitrogens with one attached hydrogen (secondary N) is 1. The molecule has 0 atom stereocenters. The summed E-state index contributed by atoms with van der Waals surface area (Å²) in [6.07, 6.45) is 3.39. The number of carbonyl (C=O) groups excluding carboxylic acids is 1. The third-order valence-corrected chi connectivity index (χ3v) is 3.64. The fourth-order valence-corrected chi connectivity index (χ4v) is 2.38. The molecule has 0 bridgehead atoms. The zero-order valence-corrected chi connectivity index (χ0v) is 10.9. The Hall–Kier alpha value is -1.27. The lowest BCUT2D eigenvalue weighted by molar-refractivity contribution is -0.119. The van der Waals surface area contributed by atoms with Crippen LogP contribution in [0.2, 0.25) is 0 Å². The molecule has 0 aliphatic carbocycles. The monoisotopic (exact) mass is 267 g/mol. The molecule has 1 fully saturated rings. The van der Waals surface area contributed by atoms with Crippen molar-refractivity contribution >= 4 is 23.4 Å². The van der Waals surface area contributed by atoms with Crippen LogP contribution < -0.4 is 11.1 Å². The zero-order chi connectivity index (χ0) is 12.8. The lowest BCUT2D eigenvalue weighted by Gasteiger charge is -2.22. The van der Waals surface area contributed by atoms with Crippen molar-refractivity contribution in [3.8, 4) is 0 Å². The molecule has 2 heterocycles. The van der Waals surface area contributed by atoms with Gasteiger partial charge in [0.05, 0.1) is 22.7 Å². The van der Waals surface area contributed by atoms with Gasteiger partial charge in [-0.25, -0.2) is 4.98 Å². The SMILES string of the molecule is Nc1ccc(SCC(=O)NC2CCOCC2)nc1. The Morgan fingerprint density at radius 2 is 2.28 bits per heavy atom. The van der Waals surface area contributed by atoms with Gasteiger partial charge in [0.2, 0.25) is 5.91 Å². The standard InChI is InChI=1S/C12H17N3O2S/c13-9-1-2-12(14-7-9)18-8-11(16)15-10-3-5-17-6-4-10/h1-2,7,10H,3-6,8,13H2,(H,15,16). The van der Waals surface area contributed by atoms with Crippen LogP contribution in [0.25, 0.3) is 0 Å². The molecule has 18 heavy (non-hydrogen) atoms. The minimum atomic E-state index is 0.0468. The quantitative estimate of drug-likeness (QED) is 0.797. The van der Waals surface area contributed by atoms with Gasteiger partial charge < -0.3 is 15.8 Å². The molecule has 0 radical (unpaired) electrons. The van der Waals surface area contributed by atoms with E-state index in [1.54, 1.807) is 12.3 Å². The van der Waals surface area contributed by atoms with Crippen LogP contribution in [0.4, 0.5) is 5.69 Å². The predicted molar refractivity (Wildman–Crippen MR) is 71.4 cm³/mol. The van der Waals surface area contributed by atoms with Gasteiger partial charge in [-0.2, -0.15) is 0 Å². The molecular formula is C12H17N3O2S. The maximum Gasteiger partial charge on any atom is 0.230 e. The van der Waals surface area contributed by atoms with E-state index in [0.29, 0.717) is 11.4 Å². The van der Waals surface area contributed by atoms with Crippen molar-refractivity contribution in [2.75, 3.05) is 24.7 Å². The van der Waals surface area contributed by atoms with Gasteiger partial charge in [-0.3, -0.25) is 4.79 Å². The second kappa shape index (κ2) is 6.61. The number of hydrogen-bond acceptors (Lipinski definition) is 5. The number of hydrogen-bond donors (Lipinski definition) is 2. The van der Waals surface area contributed by atoms with E-state index in [9.17, 15) is 4.79 Å². The average molecular weight is 267 g/mol. The molecule has 5 nitrogen and oxygen atoms in total. The van der Waals surface area contributed by atoms with Crippen LogP contribution in [-0.4, -0.2) is 35.9 Å². The number of nitrogens with zero attached hydrogens (tertiary/aromatic N) is 1. The Morgan fingerprint density at radius 1 is 1.50 bits per heavy atom. The molecule has 1 aliphatic rings. The molecular weight excluding hydrogens is 250 g/mol. The van der Waals surface area contributed by atoms with Gasteiger partial charge in [0.25, 0.3) is 0 Å². The summed E-state index contributed by atoms with van der Waals surface area (Å²) in [4.78, 5) is 15.9. The Morgan fingerprint density at radius 3 is 2.94 bits per heavy atom. The van der Waals surface area contributed by atoms with E-state index in [2.05, 4.69) is 10.3 Å². The van der Waals surface area contributed by atoms with Crippen LogP contribution in [0.1, 0.15) is 12.8 Å². The van der Waals surface area contributed by atoms with Gasteiger partial charge >= 0.3 is 0 Å². The molecule has 2 rings (SSSR count). The van der Waals surface area contributed by atoms with Gasteiger partial charge in [0.1, 0.15) is 0 Å². The molecule has 0 spiro atoms. The molecule has 98 valence electrons. The molecule has 0 unspecified atom stereocenters. The van der Waals surface area contributed by atoms with Crippen LogP contribution in [-0.2, 0) is 9.53 Å². The molecule has 1 aliphatic heterocycles. The number of pyridine rings is 1. The summed E-state index contributed by atoms with van der Waals surface area (Å²) in [7, 11) is 0. The van der Waals surface area contributed by atoms with Crippen molar-refractivity contribution in [1.29, 1.82) is 0 Å². The van der Waals surface area contributed by atoms with E-state index in [-0.39, 0.29) is 11.9 Å². The van der Waals surface area contributed by atoms with Crippen molar-refractivity contribution in [2.45, 2.75) is 23.9 Å². The molecule has 1 saturated heterocycles. The summed E-state index contributed by atoms with van der Waals surface area (Å²) in [6.45, 7) is 1.47. The van der Waals surface area contributed by atoms with Gasteiger partial charge in [-0.05, 0) is 25.0 Å². The van der Waals surface area contributed by atoms with Gasteiger partial charge in [0.15, 0.2) is 0 Å². The lowest BCUT2D eigenvalue weighted by Crippen LogP contribution is -2.39. The number of rotatable bonds is 4. The van der Waals surface area contributed by atoms with Gasteiger partial charge in [0, 0.05) is 19.3 Å². The highest BCUT2D eigenvalue weighted by atomic mass is 32.2. The summed E-state index contributed by atoms with van der Waals surface area (Å²) in [5.74, 6) is 0.430. The highest BCUT2D eigenvalue weighted by Crippen LogP contribution is 2.16. The lowest BCUT2D eigenvalue weighted by atomic mass is 10.1. The third kappa shape index (κ3) is 4.19. The number of aromatic nitrogens is 1. The number of thioether (sulfide) groups is 1. The first-order valence-electron chi connectivity index (χ1n) is 5.95. The molecule has 3 N–H and O–H groups in total. The van der Waals surface area contributed by atoms with Crippen LogP contribution in [0.3, 0.4) is 0 Å². The first-order chi connectivity index (χ1) is 8.74. The Labute approximate surface area is 110 Å². The first kappa shape index (κ1) is 13.2. The number of carbonyl (C=O) groups is 1. The van der Waals surface area contributed by atoms with E-state index in [1.165, 1.54) is 11.8 Å². The van der Waals surface area contributed by atoms with Crippen molar-refractivity contribution in [1.82, 2.24) is 10.3 Å². The van der Waals surface area contributed by atoms with Crippen molar-refractivity contribution in [2.24, 2.45) is 0 Å². The Bertz CT molecular complexity index is 391. The summed E-state index contributed by atoms with van der Waals surface area (Å²) in [5.41, 5.74) is 6.17. The van der Waals surface area contributed by atoms with Crippen molar-refractivity contribution < 1.29 is 9.53 Å². The topological polar surface area (TPSA) is 77.2 Å². The Balaban J connectivity index is 1.72. The maximum atomic E-state index is 11.7. The maximum absolute atomic E-state index is 11.7. The van der Waals surface area contributed by atoms with Crippen LogP contribution in [0.5, 0.6) is 0 Å². The number of ether oxygens (including phenoxy) is 1. The third-order valence-electron chi connectivity index (χ3n) is 2.70. The van der Waals surface area contributed by atoms with Crippen molar-refractivity contribution in [3.63, 3.8) is 0 Å². The fourth-order valence-electron chi connectivity index (χ4n) is 1.73. The average Bonchev–Trinajstić information content (AvgIpc) is 2.39. The van der Waals surface area contributed by atoms with Crippen LogP contribution >= 0.6 is 11.8 Å². The predicted octanol–water partition coefficient (Wildman–Crippen LogP) is 1.05. The number of anilines is 1. The first-order valence-corrected chi connectivity index (χ1v) is 6.94. The minimum Gasteiger partial charge on any atom is -0.397 e. The summed E-state index contributed by atoms with van der Waals surface area (Å²) >= 11 is 1.42. The van der Waals surface area contributed by atoms with E-state index in [1.807, 2.05) is 6.07 Å². The van der Waals surface area contributed by atoms with Gasteiger partial charge in [-0.1, -0.05) is 11.8 Å². The molecule has 6 heteroatoms. The minimum absolute atomic E-state index is 0.0468. The molecule has 0 saturated carbocycles. The van der Waals surface area contributed by atoms with E-state index < -0.39 is 0 Å². The fraction of sp³-hybridized carbons (Fsp3) is 0.500. The summed E-state index contributed by atoms with van der Waals surface area (Å²) < 4.78 is 5.24. The van der Waals surface area contributed by atoms with Crippen molar-refractivity contribution in [3.05, 3.63) is 18.3 Å². The molecule has 0 aromatic carbocycles. The van der Waals surface area contributed by atoms with E-state index >= 15 is 0 Å². The zero-order valence-electron chi connectivity index (χ0n) is 10.1. The van der Waals surface area contributed by atoms with E-state index in [0.717, 1.165) is 31.1 Å². The normalized spacial score (nSPS) is 16.4. The molecule has 1 aromatic rings.